The Morgan fingerprint density at radius 3 is 2.53 bits per heavy atom. The lowest BCUT2D eigenvalue weighted by Crippen LogP contribution is -2.22. The Morgan fingerprint density at radius 1 is 1.26 bits per heavy atom. The van der Waals surface area contributed by atoms with Crippen LogP contribution in [-0.2, 0) is 16.6 Å². The van der Waals surface area contributed by atoms with Crippen LogP contribution in [0.3, 0.4) is 0 Å². The van der Waals surface area contributed by atoms with Gasteiger partial charge in [-0.05, 0) is 24.3 Å². The monoisotopic (exact) mass is 297 g/mol. The molecule has 0 fully saturated rings. The summed E-state index contributed by atoms with van der Waals surface area (Å²) in [7, 11) is -3.68. The van der Waals surface area contributed by atoms with E-state index in [1.165, 1.54) is 18.5 Å². The summed E-state index contributed by atoms with van der Waals surface area (Å²) < 4.78 is 22.3. The van der Waals surface area contributed by atoms with E-state index in [0.29, 0.717) is 10.4 Å². The summed E-state index contributed by atoms with van der Waals surface area (Å²) in [5.74, 6) is -0.243. The van der Waals surface area contributed by atoms with Gasteiger partial charge in [0.15, 0.2) is 0 Å². The van der Waals surface area contributed by atoms with Crippen molar-refractivity contribution < 1.29 is 13.2 Å². The van der Waals surface area contributed by atoms with Crippen LogP contribution in [0.1, 0.15) is 15.2 Å². The van der Waals surface area contributed by atoms with Gasteiger partial charge in [0.05, 0.1) is 6.54 Å². The number of hydrogen-bond donors (Lipinski definition) is 2. The maximum absolute atomic E-state index is 11.7. The van der Waals surface area contributed by atoms with Gasteiger partial charge in [0.25, 0.3) is 5.91 Å². The fraction of sp³-hybridized carbons (Fsp3) is 0.0909. The predicted molar refractivity (Wildman–Crippen MR) is 71.1 cm³/mol. The number of carbonyl (C=O) groups is 1. The Morgan fingerprint density at radius 2 is 1.95 bits per heavy atom. The molecule has 0 saturated carbocycles. The zero-order valence-corrected chi connectivity index (χ0v) is 11.4. The molecule has 0 radical (unpaired) electrons. The van der Waals surface area contributed by atoms with E-state index >= 15 is 0 Å². The van der Waals surface area contributed by atoms with Gasteiger partial charge in [-0.1, -0.05) is 0 Å². The Hall–Kier alpha value is -1.77. The summed E-state index contributed by atoms with van der Waals surface area (Å²) in [6.07, 6.45) is 3.05. The van der Waals surface area contributed by atoms with E-state index in [9.17, 15) is 13.2 Å². The second kappa shape index (κ2) is 5.47. The van der Waals surface area contributed by atoms with E-state index in [0.717, 1.165) is 11.3 Å². The first-order chi connectivity index (χ1) is 8.97. The van der Waals surface area contributed by atoms with Crippen molar-refractivity contribution in [2.24, 2.45) is 5.14 Å². The molecule has 100 valence electrons. The van der Waals surface area contributed by atoms with Gasteiger partial charge < -0.3 is 5.32 Å². The van der Waals surface area contributed by atoms with Crippen LogP contribution >= 0.6 is 11.3 Å². The topological polar surface area (TPSA) is 102 Å². The number of amides is 1. The number of primary sulfonamides is 1. The molecule has 0 unspecified atom stereocenters. The van der Waals surface area contributed by atoms with Gasteiger partial charge in [-0.15, -0.1) is 11.3 Å². The average molecular weight is 297 g/mol. The molecule has 0 atom stereocenters. The molecule has 0 bridgehead atoms. The highest BCUT2D eigenvalue weighted by Crippen LogP contribution is 2.20. The number of sulfonamides is 1. The van der Waals surface area contributed by atoms with Gasteiger partial charge in [-0.2, -0.15) is 0 Å². The zero-order chi connectivity index (χ0) is 13.9. The normalized spacial score (nSPS) is 11.2. The van der Waals surface area contributed by atoms with Crippen LogP contribution in [-0.4, -0.2) is 19.3 Å². The molecular weight excluding hydrogens is 286 g/mol. The summed E-state index contributed by atoms with van der Waals surface area (Å²) in [4.78, 5) is 16.3. The van der Waals surface area contributed by atoms with E-state index in [1.54, 1.807) is 18.2 Å². The molecule has 3 N–H and O–H groups in total. The molecule has 2 aromatic rings. The molecule has 0 aliphatic carbocycles. The Balaban J connectivity index is 2.00. The van der Waals surface area contributed by atoms with Crippen LogP contribution in [0.5, 0.6) is 0 Å². The fourth-order valence-electron chi connectivity index (χ4n) is 1.38. The van der Waals surface area contributed by atoms with Crippen LogP contribution in [0, 0.1) is 0 Å². The van der Waals surface area contributed by atoms with Crippen molar-refractivity contribution in [3.63, 3.8) is 0 Å². The third-order valence-corrected chi connectivity index (χ3v) is 4.81. The molecule has 19 heavy (non-hydrogen) atoms. The highest BCUT2D eigenvalue weighted by Gasteiger charge is 2.12. The highest BCUT2D eigenvalue weighted by molar-refractivity contribution is 7.91. The summed E-state index contributed by atoms with van der Waals surface area (Å²) in [5, 5.41) is 7.69. The summed E-state index contributed by atoms with van der Waals surface area (Å²) in [6, 6.07) is 6.24. The van der Waals surface area contributed by atoms with E-state index in [2.05, 4.69) is 10.3 Å². The molecule has 6 nitrogen and oxygen atoms in total. The van der Waals surface area contributed by atoms with E-state index < -0.39 is 10.0 Å². The van der Waals surface area contributed by atoms with Crippen molar-refractivity contribution in [3.05, 3.63) is 47.1 Å². The van der Waals surface area contributed by atoms with Crippen molar-refractivity contribution in [2.45, 2.75) is 10.8 Å². The SMILES string of the molecule is NS(=O)(=O)c1ccc(CNC(=O)c2ccncc2)s1. The lowest BCUT2D eigenvalue weighted by Gasteiger charge is -2.02. The van der Waals surface area contributed by atoms with Gasteiger partial charge in [-0.25, -0.2) is 13.6 Å². The van der Waals surface area contributed by atoms with Crippen molar-refractivity contribution in [2.75, 3.05) is 0 Å². The van der Waals surface area contributed by atoms with E-state index in [1.807, 2.05) is 0 Å². The fourth-order valence-corrected chi connectivity index (χ4v) is 3.10. The first-order valence-corrected chi connectivity index (χ1v) is 7.63. The van der Waals surface area contributed by atoms with Gasteiger partial charge in [-0.3, -0.25) is 9.78 Å². The number of nitrogens with zero attached hydrogens (tertiary/aromatic N) is 1. The van der Waals surface area contributed by atoms with Crippen molar-refractivity contribution in [1.29, 1.82) is 0 Å². The van der Waals surface area contributed by atoms with Crippen LogP contribution in [0.4, 0.5) is 0 Å². The molecule has 0 spiro atoms. The number of thiophene rings is 1. The first-order valence-electron chi connectivity index (χ1n) is 5.26. The van der Waals surface area contributed by atoms with Gasteiger partial charge >= 0.3 is 0 Å². The zero-order valence-electron chi connectivity index (χ0n) is 9.74. The molecule has 2 heterocycles. The third-order valence-electron chi connectivity index (χ3n) is 2.28. The van der Waals surface area contributed by atoms with Crippen molar-refractivity contribution in [3.8, 4) is 0 Å². The second-order valence-corrected chi connectivity index (χ2v) is 6.64. The van der Waals surface area contributed by atoms with Crippen molar-refractivity contribution >= 4 is 27.3 Å². The van der Waals surface area contributed by atoms with Crippen LogP contribution < -0.4 is 10.5 Å². The Bertz CT molecular complexity index is 680. The number of nitrogens with one attached hydrogen (secondary N) is 1. The molecule has 0 aliphatic rings. The summed E-state index contributed by atoms with van der Waals surface area (Å²) >= 11 is 1.04. The molecule has 8 heteroatoms. The van der Waals surface area contributed by atoms with Gasteiger partial charge in [0.2, 0.25) is 10.0 Å². The standard InChI is InChI=1S/C11H11N3O3S2/c12-19(16,17)10-2-1-9(18-10)7-14-11(15)8-3-5-13-6-4-8/h1-6H,7H2,(H,14,15)(H2,12,16,17). The maximum atomic E-state index is 11.7. The average Bonchev–Trinajstić information content (AvgIpc) is 2.86. The largest absolute Gasteiger partial charge is 0.347 e. The van der Waals surface area contributed by atoms with Gasteiger partial charge in [0, 0.05) is 22.8 Å². The number of carbonyl (C=O) groups excluding carboxylic acids is 1. The molecule has 0 aromatic carbocycles. The second-order valence-electron chi connectivity index (χ2n) is 3.68. The molecule has 0 saturated heterocycles. The Kier molecular flexibility index (Phi) is 3.93. The number of rotatable bonds is 4. The Labute approximate surface area is 114 Å². The highest BCUT2D eigenvalue weighted by atomic mass is 32.2. The van der Waals surface area contributed by atoms with Crippen LogP contribution in [0.25, 0.3) is 0 Å². The summed E-state index contributed by atoms with van der Waals surface area (Å²) in [6.45, 7) is 0.251. The van der Waals surface area contributed by atoms with Crippen molar-refractivity contribution in [1.82, 2.24) is 10.3 Å². The maximum Gasteiger partial charge on any atom is 0.251 e. The van der Waals surface area contributed by atoms with E-state index in [-0.39, 0.29) is 16.7 Å². The first kappa shape index (κ1) is 13.7. The quantitative estimate of drug-likeness (QED) is 0.868. The molecule has 2 rings (SSSR count). The number of pyridine rings is 1. The van der Waals surface area contributed by atoms with Gasteiger partial charge in [0.1, 0.15) is 4.21 Å². The number of hydrogen-bond acceptors (Lipinski definition) is 5. The predicted octanol–water partition coefficient (Wildman–Crippen LogP) is 0.720. The minimum absolute atomic E-state index is 0.0839. The van der Waals surface area contributed by atoms with E-state index in [4.69, 9.17) is 5.14 Å². The third kappa shape index (κ3) is 3.60. The number of nitrogens with two attached hydrogens (primary N) is 1. The molecular formula is C11H11N3O3S2. The molecule has 1 amide bonds. The van der Waals surface area contributed by atoms with Crippen LogP contribution in [0.2, 0.25) is 0 Å². The lowest BCUT2D eigenvalue weighted by atomic mass is 10.2. The lowest BCUT2D eigenvalue weighted by molar-refractivity contribution is 0.0951. The molecule has 0 aliphatic heterocycles. The number of aromatic nitrogens is 1. The molecule has 2 aromatic heterocycles. The smallest absolute Gasteiger partial charge is 0.251 e. The minimum Gasteiger partial charge on any atom is -0.347 e. The summed E-state index contributed by atoms with van der Waals surface area (Å²) in [5.41, 5.74) is 0.498. The minimum atomic E-state index is -3.68. The van der Waals surface area contributed by atoms with Crippen LogP contribution in [0.15, 0.2) is 40.9 Å².